The Morgan fingerprint density at radius 2 is 0.608 bits per heavy atom. The van der Waals surface area contributed by atoms with Crippen LogP contribution in [0.2, 0.25) is 0 Å². The lowest BCUT2D eigenvalue weighted by Crippen LogP contribution is -2.30. The summed E-state index contributed by atoms with van der Waals surface area (Å²) >= 11 is 0. The third-order valence-electron chi connectivity index (χ3n) is 17.9. The molecule has 0 aliphatic rings. The van der Waals surface area contributed by atoms with E-state index in [0.717, 1.165) is 121 Å². The van der Waals surface area contributed by atoms with Gasteiger partial charge in [-0.05, 0) is 69.1 Å². The normalized spacial score (nSPS) is 14.5. The van der Waals surface area contributed by atoms with Gasteiger partial charge in [0, 0.05) is 25.7 Å². The van der Waals surface area contributed by atoms with Crippen LogP contribution in [0.4, 0.5) is 0 Å². The van der Waals surface area contributed by atoms with Gasteiger partial charge >= 0.3 is 39.5 Å². The zero-order valence-electron chi connectivity index (χ0n) is 63.0. The molecule has 0 spiro atoms. The number of esters is 4. The first kappa shape index (κ1) is 94.5. The van der Waals surface area contributed by atoms with E-state index in [1.165, 1.54) is 167 Å². The number of ether oxygens (including phenoxy) is 4. The Morgan fingerprint density at radius 1 is 0.340 bits per heavy atom. The van der Waals surface area contributed by atoms with E-state index in [2.05, 4.69) is 72.8 Å². The summed E-state index contributed by atoms with van der Waals surface area (Å²) in [6.45, 7) is 11.8. The number of phosphoric acid groups is 2. The molecular weight excluding hydrogens is 1270 g/mol. The third-order valence-corrected chi connectivity index (χ3v) is 19.8. The summed E-state index contributed by atoms with van der Waals surface area (Å²) in [4.78, 5) is 72.8. The molecule has 0 aliphatic heterocycles. The van der Waals surface area contributed by atoms with Crippen molar-refractivity contribution in [2.45, 2.75) is 394 Å². The van der Waals surface area contributed by atoms with E-state index in [9.17, 15) is 43.2 Å². The molecule has 0 radical (unpaired) electrons. The van der Waals surface area contributed by atoms with Crippen molar-refractivity contribution in [1.82, 2.24) is 0 Å². The van der Waals surface area contributed by atoms with Crippen molar-refractivity contribution in [3.8, 4) is 0 Å². The smallest absolute Gasteiger partial charge is 0.462 e. The maximum atomic E-state index is 13.1. The van der Waals surface area contributed by atoms with Gasteiger partial charge in [0.1, 0.15) is 19.3 Å². The van der Waals surface area contributed by atoms with Crippen LogP contribution in [0.25, 0.3) is 0 Å². The van der Waals surface area contributed by atoms with Gasteiger partial charge in [0.05, 0.1) is 26.4 Å². The van der Waals surface area contributed by atoms with Crippen LogP contribution in [0.15, 0.2) is 24.3 Å². The van der Waals surface area contributed by atoms with Crippen molar-refractivity contribution in [2.75, 3.05) is 39.6 Å². The number of allylic oxidation sites excluding steroid dienone is 4. The lowest BCUT2D eigenvalue weighted by atomic mass is 9.99. The first-order chi connectivity index (χ1) is 46.8. The summed E-state index contributed by atoms with van der Waals surface area (Å²) in [5.74, 6) is 0.145. The second-order valence-electron chi connectivity index (χ2n) is 28.6. The van der Waals surface area contributed by atoms with Gasteiger partial charge < -0.3 is 33.8 Å². The van der Waals surface area contributed by atoms with Gasteiger partial charge in [-0.15, -0.1) is 0 Å². The molecule has 0 aromatic carbocycles. The molecular formula is C78H148O17P2. The number of aliphatic hydroxyl groups is 1. The topological polar surface area (TPSA) is 237 Å². The van der Waals surface area contributed by atoms with Crippen molar-refractivity contribution >= 4 is 39.5 Å². The van der Waals surface area contributed by atoms with E-state index in [4.69, 9.17) is 37.0 Å². The Bertz CT molecular complexity index is 1980. The molecule has 0 fully saturated rings. The average molecular weight is 1420 g/mol. The molecule has 0 aromatic rings. The maximum Gasteiger partial charge on any atom is 0.472 e. The molecule has 0 bridgehead atoms. The number of hydrogen-bond donors (Lipinski definition) is 3. The first-order valence-electron chi connectivity index (χ1n) is 39.7. The lowest BCUT2D eigenvalue weighted by molar-refractivity contribution is -0.161. The summed E-state index contributed by atoms with van der Waals surface area (Å²) in [7, 11) is -9.93. The molecule has 0 aliphatic carbocycles. The van der Waals surface area contributed by atoms with Gasteiger partial charge in [0.2, 0.25) is 0 Å². The lowest BCUT2D eigenvalue weighted by Gasteiger charge is -2.21. The Kier molecular flexibility index (Phi) is 66.3. The Balaban J connectivity index is 5.25. The quantitative estimate of drug-likeness (QED) is 0.0169. The molecule has 572 valence electrons. The Labute approximate surface area is 592 Å². The molecule has 97 heavy (non-hydrogen) atoms. The van der Waals surface area contributed by atoms with E-state index in [1.807, 2.05) is 0 Å². The molecule has 19 heteroatoms. The summed E-state index contributed by atoms with van der Waals surface area (Å²) < 4.78 is 68.5. The van der Waals surface area contributed by atoms with Gasteiger partial charge in [0.25, 0.3) is 0 Å². The molecule has 0 heterocycles. The number of unbranched alkanes of at least 4 members (excludes halogenated alkanes) is 38. The van der Waals surface area contributed by atoms with E-state index in [0.29, 0.717) is 31.6 Å². The second kappa shape index (κ2) is 68.0. The van der Waals surface area contributed by atoms with Crippen LogP contribution in [0.3, 0.4) is 0 Å². The van der Waals surface area contributed by atoms with Crippen molar-refractivity contribution in [1.29, 1.82) is 0 Å². The van der Waals surface area contributed by atoms with Crippen LogP contribution in [0, 0.1) is 17.8 Å². The maximum absolute atomic E-state index is 13.1. The minimum Gasteiger partial charge on any atom is -0.462 e. The third kappa shape index (κ3) is 70.4. The van der Waals surface area contributed by atoms with E-state index < -0.39 is 97.5 Å². The van der Waals surface area contributed by atoms with Crippen molar-refractivity contribution in [3.05, 3.63) is 24.3 Å². The largest absolute Gasteiger partial charge is 0.472 e. The van der Waals surface area contributed by atoms with Crippen LogP contribution in [0.5, 0.6) is 0 Å². The van der Waals surface area contributed by atoms with Gasteiger partial charge in [0.15, 0.2) is 12.2 Å². The first-order valence-corrected chi connectivity index (χ1v) is 42.7. The van der Waals surface area contributed by atoms with Crippen molar-refractivity contribution in [2.24, 2.45) is 17.8 Å². The van der Waals surface area contributed by atoms with Crippen LogP contribution < -0.4 is 0 Å². The number of rotatable bonds is 74. The van der Waals surface area contributed by atoms with E-state index in [-0.39, 0.29) is 25.7 Å². The summed E-state index contributed by atoms with van der Waals surface area (Å²) in [5.41, 5.74) is 0. The molecule has 6 atom stereocenters. The van der Waals surface area contributed by atoms with Gasteiger partial charge in [-0.25, -0.2) is 9.13 Å². The summed E-state index contributed by atoms with van der Waals surface area (Å²) in [5, 5.41) is 10.6. The van der Waals surface area contributed by atoms with Crippen LogP contribution in [-0.4, -0.2) is 96.7 Å². The molecule has 0 rings (SSSR count). The standard InChI is InChI=1S/C78H148O17P2/c1-8-10-11-12-13-14-15-16-19-23-26-33-38-47-54-61-77(82)94-73(65-88-75(80)59-52-45-37-32-29-28-31-36-44-51-58-71(7)9-2)67-92-96(84,85)90-63-72(79)64-91-97(86,87)93-68-74(66-89-76(81)60-53-46-41-40-43-50-57-70(5)6)95-78(83)62-55-48-39-34-27-24-21-18-17-20-22-25-30-35-42-49-56-69(3)4/h14-16,19,69-74,79H,8-13,17-18,20-68H2,1-7H3,(H,84,85)(H,86,87)/b15-14-,19-16-/t71?,72?,73-,74-/m1/s1. The molecule has 0 saturated heterocycles. The van der Waals surface area contributed by atoms with E-state index >= 15 is 0 Å². The predicted octanol–water partition coefficient (Wildman–Crippen LogP) is 22.5. The minimum atomic E-state index is -4.97. The van der Waals surface area contributed by atoms with Crippen molar-refractivity contribution < 1.29 is 80.2 Å². The SMILES string of the molecule is CCCCCC/C=C\C=C/CCCCCCCC(=O)O[C@H](COC(=O)CCCCCCCCCCCCC(C)CC)COP(=O)(O)OCC(O)COP(=O)(O)OC[C@@H](COC(=O)CCCCCCCCC(C)C)OC(=O)CCCCCCCCCCCCCCCCCCC(C)C. The van der Waals surface area contributed by atoms with E-state index in [1.54, 1.807) is 0 Å². The van der Waals surface area contributed by atoms with Gasteiger partial charge in [-0.1, -0.05) is 323 Å². The van der Waals surface area contributed by atoms with Crippen LogP contribution in [0.1, 0.15) is 376 Å². The van der Waals surface area contributed by atoms with Gasteiger partial charge in [-0.2, -0.15) is 0 Å². The van der Waals surface area contributed by atoms with Crippen LogP contribution >= 0.6 is 15.6 Å². The highest BCUT2D eigenvalue weighted by atomic mass is 31.2. The Morgan fingerprint density at radius 3 is 0.918 bits per heavy atom. The summed E-state index contributed by atoms with van der Waals surface area (Å²) in [6, 6.07) is 0. The molecule has 0 saturated carbocycles. The monoisotopic (exact) mass is 1420 g/mol. The zero-order chi connectivity index (χ0) is 71.6. The predicted molar refractivity (Wildman–Crippen MR) is 395 cm³/mol. The van der Waals surface area contributed by atoms with Crippen molar-refractivity contribution in [3.63, 3.8) is 0 Å². The second-order valence-corrected chi connectivity index (χ2v) is 31.5. The van der Waals surface area contributed by atoms with Crippen LogP contribution in [-0.2, 0) is 65.4 Å². The highest BCUT2D eigenvalue weighted by molar-refractivity contribution is 7.47. The number of phosphoric ester groups is 2. The number of aliphatic hydroxyl groups excluding tert-OH is 1. The number of carbonyl (C=O) groups excluding carboxylic acids is 4. The molecule has 4 unspecified atom stereocenters. The molecule has 0 amide bonds. The average Bonchev–Trinajstić information content (AvgIpc) is 1.24. The summed E-state index contributed by atoms with van der Waals surface area (Å²) in [6.07, 6.45) is 57.8. The highest BCUT2D eigenvalue weighted by Gasteiger charge is 2.30. The molecule has 17 nitrogen and oxygen atoms in total. The fraction of sp³-hybridized carbons (Fsp3) is 0.897. The van der Waals surface area contributed by atoms with Gasteiger partial charge in [-0.3, -0.25) is 37.3 Å². The molecule has 0 aromatic heterocycles. The zero-order valence-corrected chi connectivity index (χ0v) is 64.8. The number of carbonyl (C=O) groups is 4. The number of hydrogen-bond acceptors (Lipinski definition) is 15. The minimum absolute atomic E-state index is 0.0846. The Hall–Kier alpha value is -2.46. The fourth-order valence-corrected chi connectivity index (χ4v) is 13.0. The molecule has 3 N–H and O–H groups in total. The highest BCUT2D eigenvalue weighted by Crippen LogP contribution is 2.45. The fourth-order valence-electron chi connectivity index (χ4n) is 11.4.